The molecule has 1 amide bonds. The Labute approximate surface area is 126 Å². The van der Waals surface area contributed by atoms with E-state index >= 15 is 0 Å². The van der Waals surface area contributed by atoms with Crippen LogP contribution in [-0.2, 0) is 11.3 Å². The predicted octanol–water partition coefficient (Wildman–Crippen LogP) is 2.21. The topological polar surface area (TPSA) is 58.4 Å². The Kier molecular flexibility index (Phi) is 4.56. The lowest BCUT2D eigenvalue weighted by atomic mass is 10.2. The van der Waals surface area contributed by atoms with E-state index in [4.69, 9.17) is 5.73 Å². The van der Waals surface area contributed by atoms with Crippen LogP contribution in [-0.4, -0.2) is 30.4 Å². The van der Waals surface area contributed by atoms with E-state index in [2.05, 4.69) is 10.2 Å². The van der Waals surface area contributed by atoms with Crippen molar-refractivity contribution in [2.24, 2.45) is 17.6 Å². The summed E-state index contributed by atoms with van der Waals surface area (Å²) in [6, 6.07) is 7.76. The Hall–Kier alpha value is -1.39. The van der Waals surface area contributed by atoms with Gasteiger partial charge in [0.25, 0.3) is 0 Å². The number of benzene rings is 1. The molecule has 0 spiro atoms. The van der Waals surface area contributed by atoms with Crippen LogP contribution >= 0.6 is 0 Å². The molecule has 3 N–H and O–H groups in total. The summed E-state index contributed by atoms with van der Waals surface area (Å²) in [5.74, 6) is 1.73. The molecule has 2 saturated carbocycles. The van der Waals surface area contributed by atoms with Crippen LogP contribution in [0.15, 0.2) is 24.3 Å². The monoisotopic (exact) mass is 287 g/mol. The number of rotatable bonds is 8. The number of carbonyl (C=O) groups excluding carboxylic acids is 1. The van der Waals surface area contributed by atoms with Crippen molar-refractivity contribution >= 4 is 11.6 Å². The summed E-state index contributed by atoms with van der Waals surface area (Å²) in [4.78, 5) is 14.6. The number of nitrogens with zero attached hydrogens (tertiary/aromatic N) is 1. The highest BCUT2D eigenvalue weighted by Gasteiger charge is 2.30. The molecule has 21 heavy (non-hydrogen) atoms. The average molecular weight is 287 g/mol. The van der Waals surface area contributed by atoms with E-state index in [1.807, 2.05) is 24.3 Å². The van der Waals surface area contributed by atoms with Crippen molar-refractivity contribution < 1.29 is 4.79 Å². The van der Waals surface area contributed by atoms with Crippen LogP contribution in [0.1, 0.15) is 31.2 Å². The minimum absolute atomic E-state index is 0.0807. The smallest absolute Gasteiger partial charge is 0.238 e. The predicted molar refractivity (Wildman–Crippen MR) is 84.9 cm³/mol. The second-order valence-corrected chi connectivity index (χ2v) is 6.49. The molecule has 3 rings (SSSR count). The number of anilines is 1. The van der Waals surface area contributed by atoms with Crippen molar-refractivity contribution in [2.45, 2.75) is 32.2 Å². The third kappa shape index (κ3) is 4.55. The fraction of sp³-hybridized carbons (Fsp3) is 0.588. The van der Waals surface area contributed by atoms with E-state index < -0.39 is 0 Å². The summed E-state index contributed by atoms with van der Waals surface area (Å²) in [6.07, 6.45) is 5.33. The Bertz CT molecular complexity index is 481. The van der Waals surface area contributed by atoms with E-state index in [1.165, 1.54) is 25.7 Å². The van der Waals surface area contributed by atoms with Gasteiger partial charge in [-0.05, 0) is 49.1 Å². The third-order valence-electron chi connectivity index (χ3n) is 4.31. The fourth-order valence-electron chi connectivity index (χ4n) is 2.75. The number of carbonyl (C=O) groups is 1. The van der Waals surface area contributed by atoms with Crippen molar-refractivity contribution in [1.82, 2.24) is 4.90 Å². The molecule has 0 heterocycles. The summed E-state index contributed by atoms with van der Waals surface area (Å²) < 4.78 is 0. The van der Waals surface area contributed by atoms with Gasteiger partial charge in [-0.2, -0.15) is 0 Å². The summed E-state index contributed by atoms with van der Waals surface area (Å²) in [5.41, 5.74) is 7.55. The Morgan fingerprint density at radius 1 is 1.14 bits per heavy atom. The first kappa shape index (κ1) is 14.5. The lowest BCUT2D eigenvalue weighted by Gasteiger charge is -2.21. The summed E-state index contributed by atoms with van der Waals surface area (Å²) in [6.45, 7) is 3.13. The van der Waals surface area contributed by atoms with Crippen LogP contribution in [0.2, 0.25) is 0 Å². The van der Waals surface area contributed by atoms with Gasteiger partial charge in [0.2, 0.25) is 5.91 Å². The van der Waals surface area contributed by atoms with Crippen LogP contribution < -0.4 is 11.1 Å². The molecule has 0 saturated heterocycles. The number of nitrogens with one attached hydrogen (secondary N) is 1. The van der Waals surface area contributed by atoms with Gasteiger partial charge in [-0.1, -0.05) is 18.2 Å². The maximum atomic E-state index is 12.3. The molecule has 2 fully saturated rings. The second-order valence-electron chi connectivity index (χ2n) is 6.49. The van der Waals surface area contributed by atoms with Crippen molar-refractivity contribution in [3.8, 4) is 0 Å². The highest BCUT2D eigenvalue weighted by Crippen LogP contribution is 2.33. The average Bonchev–Trinajstić information content (AvgIpc) is 3.36. The van der Waals surface area contributed by atoms with Crippen molar-refractivity contribution in [3.63, 3.8) is 0 Å². The summed E-state index contributed by atoms with van der Waals surface area (Å²) in [7, 11) is 0. The first-order chi connectivity index (χ1) is 10.2. The van der Waals surface area contributed by atoms with Gasteiger partial charge >= 0.3 is 0 Å². The van der Waals surface area contributed by atoms with Gasteiger partial charge in [0.1, 0.15) is 0 Å². The molecule has 0 radical (unpaired) electrons. The van der Waals surface area contributed by atoms with Gasteiger partial charge < -0.3 is 11.1 Å². The molecule has 0 unspecified atom stereocenters. The first-order valence-electron chi connectivity index (χ1n) is 8.05. The van der Waals surface area contributed by atoms with Gasteiger partial charge in [-0.25, -0.2) is 0 Å². The highest BCUT2D eigenvalue weighted by molar-refractivity contribution is 5.93. The zero-order valence-electron chi connectivity index (χ0n) is 12.6. The molecular formula is C17H25N3O. The molecule has 0 bridgehead atoms. The van der Waals surface area contributed by atoms with Gasteiger partial charge in [-0.3, -0.25) is 9.69 Å². The molecule has 4 nitrogen and oxygen atoms in total. The summed E-state index contributed by atoms with van der Waals surface area (Å²) in [5, 5.41) is 3.02. The number of nitrogens with two attached hydrogens (primary N) is 1. The highest BCUT2D eigenvalue weighted by atomic mass is 16.2. The van der Waals surface area contributed by atoms with Crippen molar-refractivity contribution in [1.29, 1.82) is 0 Å². The van der Waals surface area contributed by atoms with E-state index in [-0.39, 0.29) is 5.91 Å². The zero-order chi connectivity index (χ0) is 14.7. The molecule has 114 valence electrons. The van der Waals surface area contributed by atoms with E-state index in [1.54, 1.807) is 0 Å². The van der Waals surface area contributed by atoms with Crippen molar-refractivity contribution in [2.75, 3.05) is 25.0 Å². The standard InChI is InChI=1S/C17H25N3O/c18-9-15-3-1-2-4-16(15)19-17(21)12-20(10-13-5-6-13)11-14-7-8-14/h1-4,13-14H,5-12,18H2,(H,19,21). The minimum atomic E-state index is 0.0807. The maximum Gasteiger partial charge on any atom is 0.238 e. The molecule has 4 heteroatoms. The van der Waals surface area contributed by atoms with Crippen LogP contribution in [0.3, 0.4) is 0 Å². The van der Waals surface area contributed by atoms with Gasteiger partial charge in [0.05, 0.1) is 6.54 Å². The van der Waals surface area contributed by atoms with Gasteiger partial charge in [0.15, 0.2) is 0 Å². The summed E-state index contributed by atoms with van der Waals surface area (Å²) >= 11 is 0. The van der Waals surface area contributed by atoms with E-state index in [9.17, 15) is 4.79 Å². The molecule has 1 aromatic rings. The zero-order valence-corrected chi connectivity index (χ0v) is 12.6. The van der Waals surface area contributed by atoms with E-state index in [0.717, 1.165) is 36.2 Å². The minimum Gasteiger partial charge on any atom is -0.326 e. The van der Waals surface area contributed by atoms with Crippen molar-refractivity contribution in [3.05, 3.63) is 29.8 Å². The largest absolute Gasteiger partial charge is 0.326 e. The Morgan fingerprint density at radius 3 is 2.33 bits per heavy atom. The maximum absolute atomic E-state index is 12.3. The third-order valence-corrected chi connectivity index (χ3v) is 4.31. The molecule has 1 aromatic carbocycles. The lowest BCUT2D eigenvalue weighted by Crippen LogP contribution is -2.36. The quantitative estimate of drug-likeness (QED) is 0.770. The molecular weight excluding hydrogens is 262 g/mol. The molecule has 0 atom stereocenters. The lowest BCUT2D eigenvalue weighted by molar-refractivity contribution is -0.117. The Morgan fingerprint density at radius 2 is 1.76 bits per heavy atom. The number of hydrogen-bond acceptors (Lipinski definition) is 3. The molecule has 2 aliphatic rings. The number of hydrogen-bond donors (Lipinski definition) is 2. The fourth-order valence-corrected chi connectivity index (χ4v) is 2.75. The Balaban J connectivity index is 1.55. The van der Waals surface area contributed by atoms with Crippen LogP contribution in [0.25, 0.3) is 0 Å². The molecule has 0 aliphatic heterocycles. The normalized spacial score (nSPS) is 18.0. The van der Waals surface area contributed by atoms with Crippen LogP contribution in [0.5, 0.6) is 0 Å². The SMILES string of the molecule is NCc1ccccc1NC(=O)CN(CC1CC1)CC1CC1. The first-order valence-corrected chi connectivity index (χ1v) is 8.05. The number of amides is 1. The van der Waals surface area contributed by atoms with Gasteiger partial charge in [0, 0.05) is 25.3 Å². The van der Waals surface area contributed by atoms with Crippen LogP contribution in [0, 0.1) is 11.8 Å². The number of para-hydroxylation sites is 1. The van der Waals surface area contributed by atoms with Gasteiger partial charge in [-0.15, -0.1) is 0 Å². The molecule has 2 aliphatic carbocycles. The molecule has 0 aromatic heterocycles. The van der Waals surface area contributed by atoms with E-state index in [0.29, 0.717) is 13.1 Å². The van der Waals surface area contributed by atoms with Crippen LogP contribution in [0.4, 0.5) is 5.69 Å². The second kappa shape index (κ2) is 6.58.